The number of ether oxygens (including phenoxy) is 1. The number of benzene rings is 2. The van der Waals surface area contributed by atoms with Crippen molar-refractivity contribution in [2.75, 3.05) is 0 Å². The van der Waals surface area contributed by atoms with Crippen LogP contribution < -0.4 is 19.5 Å². The molecule has 2 aromatic carbocycles. The largest absolute Gasteiger partial charge is 0.435 e. The van der Waals surface area contributed by atoms with Crippen molar-refractivity contribution in [1.29, 1.82) is 10.5 Å². The molecule has 30 heavy (non-hydrogen) atoms. The van der Waals surface area contributed by atoms with Gasteiger partial charge in [-0.1, -0.05) is 29.8 Å². The van der Waals surface area contributed by atoms with Crippen LogP contribution in [0.15, 0.2) is 47.3 Å². The summed E-state index contributed by atoms with van der Waals surface area (Å²) in [5.74, 6) is 0.00582. The zero-order valence-electron chi connectivity index (χ0n) is 16.0. The van der Waals surface area contributed by atoms with E-state index in [0.29, 0.717) is 15.8 Å². The average molecular weight is 423 g/mol. The van der Waals surface area contributed by atoms with Crippen LogP contribution in [0.4, 0.5) is 8.78 Å². The number of rotatable bonds is 4. The molecule has 5 nitrogen and oxygen atoms in total. The van der Waals surface area contributed by atoms with E-state index in [0.717, 1.165) is 22.5 Å². The van der Waals surface area contributed by atoms with Gasteiger partial charge in [-0.3, -0.25) is 9.36 Å². The minimum Gasteiger partial charge on any atom is -0.435 e. The minimum atomic E-state index is -2.92. The van der Waals surface area contributed by atoms with E-state index in [1.807, 2.05) is 38.1 Å². The second-order valence-electron chi connectivity index (χ2n) is 6.39. The topological polar surface area (TPSA) is 78.8 Å². The van der Waals surface area contributed by atoms with Gasteiger partial charge in [-0.2, -0.15) is 19.3 Å². The molecule has 150 valence electrons. The maximum atomic E-state index is 13.2. The van der Waals surface area contributed by atoms with Crippen LogP contribution in [0.25, 0.3) is 17.3 Å². The number of aryl methyl sites for hydroxylation is 2. The van der Waals surface area contributed by atoms with E-state index in [4.69, 9.17) is 0 Å². The molecular weight excluding hydrogens is 408 g/mol. The van der Waals surface area contributed by atoms with E-state index in [1.54, 1.807) is 12.1 Å². The van der Waals surface area contributed by atoms with Gasteiger partial charge in [0.25, 0.3) is 5.56 Å². The summed E-state index contributed by atoms with van der Waals surface area (Å²) in [6, 6.07) is 15.0. The lowest BCUT2D eigenvalue weighted by atomic mass is 10.1. The summed E-state index contributed by atoms with van der Waals surface area (Å²) in [5, 5.41) is 18.7. The Bertz CT molecular complexity index is 1340. The molecule has 0 spiro atoms. The van der Waals surface area contributed by atoms with Gasteiger partial charge >= 0.3 is 6.61 Å². The lowest BCUT2D eigenvalue weighted by molar-refractivity contribution is -0.0498. The van der Waals surface area contributed by atoms with Crippen molar-refractivity contribution in [3.63, 3.8) is 0 Å². The van der Waals surface area contributed by atoms with Crippen LogP contribution in [0.1, 0.15) is 16.7 Å². The molecule has 3 aromatic rings. The van der Waals surface area contributed by atoms with Gasteiger partial charge in [0, 0.05) is 0 Å². The van der Waals surface area contributed by atoms with Gasteiger partial charge in [-0.05, 0) is 49.2 Å². The Labute approximate surface area is 174 Å². The summed E-state index contributed by atoms with van der Waals surface area (Å²) >= 11 is 1.02. The second kappa shape index (κ2) is 8.73. The first-order valence-electron chi connectivity index (χ1n) is 8.74. The van der Waals surface area contributed by atoms with Crippen molar-refractivity contribution >= 4 is 23.0 Å². The number of aromatic nitrogens is 1. The van der Waals surface area contributed by atoms with Crippen LogP contribution in [-0.4, -0.2) is 11.2 Å². The normalized spacial score (nSPS) is 11.2. The quantitative estimate of drug-likeness (QED) is 0.646. The van der Waals surface area contributed by atoms with E-state index in [2.05, 4.69) is 4.74 Å². The van der Waals surface area contributed by atoms with Gasteiger partial charge in [-0.15, -0.1) is 11.3 Å². The summed E-state index contributed by atoms with van der Waals surface area (Å²) in [6.45, 7) is 0.854. The van der Waals surface area contributed by atoms with E-state index in [1.165, 1.54) is 28.8 Å². The summed E-state index contributed by atoms with van der Waals surface area (Å²) in [6.07, 6.45) is 1.58. The van der Waals surface area contributed by atoms with Gasteiger partial charge in [0.1, 0.15) is 22.6 Å². The molecule has 0 atom stereocenters. The number of halogens is 2. The standard InChI is InChI=1S/C22H15F2N3O2S/c1-13-3-8-18(14(2)9-13)27-20(28)19(30-21(27)16(11-25)12-26)10-15-4-6-17(7-5-15)29-22(23)24/h3-10,22H,1-2H3/b19-10+. The summed E-state index contributed by atoms with van der Waals surface area (Å²) in [4.78, 5) is 13.2. The first-order chi connectivity index (χ1) is 14.3. The Kier molecular flexibility index (Phi) is 6.10. The highest BCUT2D eigenvalue weighted by atomic mass is 32.1. The highest BCUT2D eigenvalue weighted by Gasteiger charge is 2.13. The molecule has 1 aromatic heterocycles. The number of hydrogen-bond acceptors (Lipinski definition) is 5. The van der Waals surface area contributed by atoms with Gasteiger partial charge in [0.2, 0.25) is 0 Å². The predicted molar refractivity (Wildman–Crippen MR) is 110 cm³/mol. The van der Waals surface area contributed by atoms with Crippen LogP contribution in [0.5, 0.6) is 5.75 Å². The predicted octanol–water partition coefficient (Wildman–Crippen LogP) is 3.14. The molecule has 0 bridgehead atoms. The second-order valence-corrected chi connectivity index (χ2v) is 7.42. The highest BCUT2D eigenvalue weighted by Crippen LogP contribution is 2.16. The molecule has 0 unspecified atom stereocenters. The molecule has 0 saturated heterocycles. The third kappa shape index (κ3) is 4.29. The van der Waals surface area contributed by atoms with Crippen molar-refractivity contribution in [2.45, 2.75) is 20.5 Å². The SMILES string of the molecule is Cc1ccc(-n2c(=C(C#N)C#N)s/c(=C/c3ccc(OC(F)F)cc3)c2=O)c(C)c1. The van der Waals surface area contributed by atoms with Gasteiger partial charge in [-0.25, -0.2) is 0 Å². The summed E-state index contributed by atoms with van der Waals surface area (Å²) < 4.78 is 30.8. The average Bonchev–Trinajstić information content (AvgIpc) is 3.00. The van der Waals surface area contributed by atoms with E-state index < -0.39 is 6.61 Å². The van der Waals surface area contributed by atoms with Crippen molar-refractivity contribution < 1.29 is 13.5 Å². The molecule has 0 amide bonds. The number of alkyl halides is 2. The Hall–Kier alpha value is -3.75. The maximum Gasteiger partial charge on any atom is 0.387 e. The van der Waals surface area contributed by atoms with Crippen LogP contribution in [0.2, 0.25) is 0 Å². The smallest absolute Gasteiger partial charge is 0.387 e. The number of nitriles is 2. The Morgan fingerprint density at radius 1 is 1.13 bits per heavy atom. The fourth-order valence-electron chi connectivity index (χ4n) is 2.94. The monoisotopic (exact) mass is 423 g/mol. The molecule has 0 aliphatic carbocycles. The molecule has 8 heteroatoms. The van der Waals surface area contributed by atoms with Crippen molar-refractivity contribution in [3.8, 4) is 23.6 Å². The fraction of sp³-hybridized carbons (Fsp3) is 0.136. The lowest BCUT2D eigenvalue weighted by Gasteiger charge is -2.07. The molecule has 0 N–H and O–H groups in total. The van der Waals surface area contributed by atoms with Crippen LogP contribution in [0.3, 0.4) is 0 Å². The first-order valence-corrected chi connectivity index (χ1v) is 9.56. The minimum absolute atomic E-state index is 0.00582. The Morgan fingerprint density at radius 2 is 1.80 bits per heavy atom. The zero-order valence-corrected chi connectivity index (χ0v) is 16.8. The fourth-order valence-corrected chi connectivity index (χ4v) is 3.99. The van der Waals surface area contributed by atoms with Crippen molar-refractivity contribution in [3.05, 3.63) is 78.7 Å². The van der Waals surface area contributed by atoms with Gasteiger partial charge in [0.05, 0.1) is 10.2 Å². The molecule has 0 saturated carbocycles. The summed E-state index contributed by atoms with van der Waals surface area (Å²) in [7, 11) is 0. The van der Waals surface area contributed by atoms with Crippen LogP contribution in [-0.2, 0) is 0 Å². The zero-order chi connectivity index (χ0) is 21.8. The van der Waals surface area contributed by atoms with Crippen molar-refractivity contribution in [2.24, 2.45) is 0 Å². The van der Waals surface area contributed by atoms with Gasteiger partial charge < -0.3 is 4.74 Å². The molecule has 0 aliphatic rings. The number of hydrogen-bond donors (Lipinski definition) is 0. The molecule has 0 fully saturated rings. The molecule has 0 radical (unpaired) electrons. The first kappa shape index (κ1) is 21.0. The Morgan fingerprint density at radius 3 is 2.37 bits per heavy atom. The molecule has 1 heterocycles. The molecule has 0 aliphatic heterocycles. The lowest BCUT2D eigenvalue weighted by Crippen LogP contribution is -2.31. The third-order valence-electron chi connectivity index (χ3n) is 4.26. The van der Waals surface area contributed by atoms with E-state index in [-0.39, 0.29) is 21.5 Å². The van der Waals surface area contributed by atoms with Crippen LogP contribution in [0, 0.1) is 36.5 Å². The van der Waals surface area contributed by atoms with Crippen LogP contribution >= 0.6 is 11.3 Å². The maximum absolute atomic E-state index is 13.2. The third-order valence-corrected chi connectivity index (χ3v) is 5.35. The number of thiazole rings is 1. The van der Waals surface area contributed by atoms with E-state index >= 15 is 0 Å². The summed E-state index contributed by atoms with van der Waals surface area (Å²) in [5.41, 5.74) is 2.47. The number of nitrogens with zero attached hydrogens (tertiary/aromatic N) is 3. The highest BCUT2D eigenvalue weighted by molar-refractivity contribution is 7.07. The van der Waals surface area contributed by atoms with E-state index in [9.17, 15) is 24.1 Å². The van der Waals surface area contributed by atoms with Crippen molar-refractivity contribution in [1.82, 2.24) is 4.57 Å². The Balaban J connectivity index is 2.25. The molecule has 3 rings (SSSR count). The molecular formula is C22H15F2N3O2S. The van der Waals surface area contributed by atoms with Gasteiger partial charge in [0.15, 0.2) is 5.57 Å².